The summed E-state index contributed by atoms with van der Waals surface area (Å²) in [6.07, 6.45) is 0.463. The summed E-state index contributed by atoms with van der Waals surface area (Å²) in [4.78, 5) is 11.3. The van der Waals surface area contributed by atoms with E-state index in [1.165, 1.54) is 0 Å². The van der Waals surface area contributed by atoms with Crippen LogP contribution in [-0.2, 0) is 6.42 Å². The van der Waals surface area contributed by atoms with E-state index in [1.54, 1.807) is 24.3 Å². The lowest BCUT2D eigenvalue weighted by Crippen LogP contribution is -2.02. The summed E-state index contributed by atoms with van der Waals surface area (Å²) in [6.45, 7) is 1.84. The van der Waals surface area contributed by atoms with Crippen molar-refractivity contribution in [3.8, 4) is 11.5 Å². The highest BCUT2D eigenvalue weighted by Crippen LogP contribution is 2.29. The molecular weight excluding hydrogens is 256 g/mol. The molecule has 4 nitrogen and oxygen atoms in total. The number of carboxylic acid groups (broad SMARTS) is 1. The molecule has 0 saturated carbocycles. The molecule has 0 unspecified atom stereocenters. The average Bonchev–Trinajstić information content (AvgIpc) is 2.43. The fraction of sp³-hybridized carbons (Fsp3) is 0.188. The van der Waals surface area contributed by atoms with Crippen LogP contribution in [0.15, 0.2) is 42.5 Å². The van der Waals surface area contributed by atoms with Gasteiger partial charge in [0, 0.05) is 6.61 Å². The second-order valence-electron chi connectivity index (χ2n) is 4.49. The first-order valence-corrected chi connectivity index (χ1v) is 6.32. The van der Waals surface area contributed by atoms with Crippen LogP contribution >= 0.6 is 0 Å². The lowest BCUT2D eigenvalue weighted by Gasteiger charge is -2.12. The van der Waals surface area contributed by atoms with Gasteiger partial charge in [-0.3, -0.25) is 0 Å². The predicted molar refractivity (Wildman–Crippen MR) is 75.4 cm³/mol. The van der Waals surface area contributed by atoms with E-state index < -0.39 is 5.97 Å². The zero-order chi connectivity index (χ0) is 14.5. The molecule has 2 N–H and O–H groups in total. The predicted octanol–water partition coefficient (Wildman–Crippen LogP) is 3.02. The van der Waals surface area contributed by atoms with Gasteiger partial charge in [-0.25, -0.2) is 4.79 Å². The van der Waals surface area contributed by atoms with Gasteiger partial charge >= 0.3 is 5.97 Å². The molecule has 0 atom stereocenters. The van der Waals surface area contributed by atoms with Gasteiger partial charge in [-0.1, -0.05) is 29.8 Å². The number of para-hydroxylation sites is 1. The highest BCUT2D eigenvalue weighted by Gasteiger charge is 2.13. The van der Waals surface area contributed by atoms with Crippen molar-refractivity contribution in [2.45, 2.75) is 13.3 Å². The zero-order valence-electron chi connectivity index (χ0n) is 11.2. The van der Waals surface area contributed by atoms with Crippen molar-refractivity contribution in [2.75, 3.05) is 6.61 Å². The normalized spacial score (nSPS) is 10.3. The van der Waals surface area contributed by atoms with Gasteiger partial charge in [0.2, 0.25) is 0 Å². The van der Waals surface area contributed by atoms with E-state index in [9.17, 15) is 9.90 Å². The van der Waals surface area contributed by atoms with Gasteiger partial charge in [0.1, 0.15) is 17.1 Å². The summed E-state index contributed by atoms with van der Waals surface area (Å²) in [6, 6.07) is 12.3. The Kier molecular flexibility index (Phi) is 4.38. The summed E-state index contributed by atoms with van der Waals surface area (Å²) >= 11 is 0. The smallest absolute Gasteiger partial charge is 0.339 e. The quantitative estimate of drug-likeness (QED) is 0.878. The van der Waals surface area contributed by atoms with Crippen molar-refractivity contribution in [3.05, 3.63) is 59.2 Å². The Balaban J connectivity index is 2.37. The Bertz CT molecular complexity index is 620. The van der Waals surface area contributed by atoms with Gasteiger partial charge < -0.3 is 14.9 Å². The van der Waals surface area contributed by atoms with E-state index in [0.29, 0.717) is 17.9 Å². The Morgan fingerprint density at radius 2 is 1.90 bits per heavy atom. The molecule has 4 heteroatoms. The minimum atomic E-state index is -1.02. The van der Waals surface area contributed by atoms with Crippen molar-refractivity contribution in [2.24, 2.45) is 0 Å². The molecule has 0 saturated heterocycles. The number of ether oxygens (including phenoxy) is 1. The van der Waals surface area contributed by atoms with Crippen molar-refractivity contribution in [3.63, 3.8) is 0 Å². The molecule has 0 bridgehead atoms. The second-order valence-corrected chi connectivity index (χ2v) is 4.49. The Labute approximate surface area is 117 Å². The zero-order valence-corrected chi connectivity index (χ0v) is 11.2. The maximum atomic E-state index is 11.3. The minimum absolute atomic E-state index is 0.0139. The third kappa shape index (κ3) is 3.16. The Morgan fingerprint density at radius 1 is 1.15 bits per heavy atom. The van der Waals surface area contributed by atoms with Crippen LogP contribution in [0.3, 0.4) is 0 Å². The van der Waals surface area contributed by atoms with Gasteiger partial charge in [0.25, 0.3) is 0 Å². The lowest BCUT2D eigenvalue weighted by atomic mass is 10.1. The molecule has 0 aliphatic heterocycles. The van der Waals surface area contributed by atoms with Crippen LogP contribution in [0.1, 0.15) is 21.5 Å². The first-order chi connectivity index (χ1) is 9.61. The van der Waals surface area contributed by atoms with Gasteiger partial charge in [-0.2, -0.15) is 0 Å². The largest absolute Gasteiger partial charge is 0.478 e. The Morgan fingerprint density at radius 3 is 2.60 bits per heavy atom. The maximum absolute atomic E-state index is 11.3. The molecular formula is C16H16O4. The van der Waals surface area contributed by atoms with E-state index in [1.807, 2.05) is 25.1 Å². The molecule has 2 rings (SSSR count). The summed E-state index contributed by atoms with van der Waals surface area (Å²) < 4.78 is 5.72. The van der Waals surface area contributed by atoms with Gasteiger partial charge in [-0.05, 0) is 37.1 Å². The SMILES string of the molecule is Cc1ccc(Oc2ccccc2CCO)c(C(=O)O)c1. The Hall–Kier alpha value is -2.33. The number of carbonyl (C=O) groups is 1. The highest BCUT2D eigenvalue weighted by atomic mass is 16.5. The number of aliphatic hydroxyl groups is 1. The van der Waals surface area contributed by atoms with E-state index in [0.717, 1.165) is 11.1 Å². The molecule has 0 heterocycles. The molecule has 20 heavy (non-hydrogen) atoms. The van der Waals surface area contributed by atoms with Crippen LogP contribution in [0.5, 0.6) is 11.5 Å². The van der Waals surface area contributed by atoms with Crippen molar-refractivity contribution >= 4 is 5.97 Å². The molecule has 0 aliphatic carbocycles. The molecule has 0 fully saturated rings. The fourth-order valence-corrected chi connectivity index (χ4v) is 1.95. The third-order valence-electron chi connectivity index (χ3n) is 2.94. The summed E-state index contributed by atoms with van der Waals surface area (Å²) in [5.41, 5.74) is 1.83. The van der Waals surface area contributed by atoms with Crippen LogP contribution in [0.4, 0.5) is 0 Å². The van der Waals surface area contributed by atoms with Crippen LogP contribution in [-0.4, -0.2) is 22.8 Å². The molecule has 0 spiro atoms. The van der Waals surface area contributed by atoms with Gasteiger partial charge in [-0.15, -0.1) is 0 Å². The van der Waals surface area contributed by atoms with E-state index >= 15 is 0 Å². The van der Waals surface area contributed by atoms with Crippen molar-refractivity contribution in [1.29, 1.82) is 0 Å². The summed E-state index contributed by atoms with van der Waals surface area (Å²) in [7, 11) is 0. The lowest BCUT2D eigenvalue weighted by molar-refractivity contribution is 0.0694. The number of carboxylic acids is 1. The topological polar surface area (TPSA) is 66.8 Å². The summed E-state index contributed by atoms with van der Waals surface area (Å²) in [5.74, 6) is -0.162. The van der Waals surface area contributed by atoms with Gasteiger partial charge in [0.15, 0.2) is 0 Å². The number of aliphatic hydroxyl groups excluding tert-OH is 1. The fourth-order valence-electron chi connectivity index (χ4n) is 1.95. The number of hydrogen-bond donors (Lipinski definition) is 2. The van der Waals surface area contributed by atoms with Crippen LogP contribution in [0.2, 0.25) is 0 Å². The monoisotopic (exact) mass is 272 g/mol. The third-order valence-corrected chi connectivity index (χ3v) is 2.94. The van der Waals surface area contributed by atoms with Crippen molar-refractivity contribution < 1.29 is 19.7 Å². The molecule has 0 aliphatic rings. The second kappa shape index (κ2) is 6.21. The molecule has 0 radical (unpaired) electrons. The minimum Gasteiger partial charge on any atom is -0.478 e. The van der Waals surface area contributed by atoms with Gasteiger partial charge in [0.05, 0.1) is 0 Å². The van der Waals surface area contributed by atoms with Crippen LogP contribution in [0, 0.1) is 6.92 Å². The van der Waals surface area contributed by atoms with Crippen LogP contribution in [0.25, 0.3) is 0 Å². The molecule has 0 aromatic heterocycles. The number of benzene rings is 2. The summed E-state index contributed by atoms with van der Waals surface area (Å²) in [5, 5.41) is 18.3. The molecule has 2 aromatic rings. The number of rotatable bonds is 5. The van der Waals surface area contributed by atoms with Crippen molar-refractivity contribution in [1.82, 2.24) is 0 Å². The van der Waals surface area contributed by atoms with E-state index in [-0.39, 0.29) is 12.2 Å². The van der Waals surface area contributed by atoms with Crippen LogP contribution < -0.4 is 4.74 Å². The number of aromatic carboxylic acids is 1. The molecule has 2 aromatic carbocycles. The average molecular weight is 272 g/mol. The molecule has 104 valence electrons. The maximum Gasteiger partial charge on any atom is 0.339 e. The number of aryl methyl sites for hydroxylation is 1. The van der Waals surface area contributed by atoms with E-state index in [4.69, 9.17) is 9.84 Å². The highest BCUT2D eigenvalue weighted by molar-refractivity contribution is 5.91. The first-order valence-electron chi connectivity index (χ1n) is 6.32. The molecule has 0 amide bonds. The van der Waals surface area contributed by atoms with E-state index in [2.05, 4.69) is 0 Å². The standard InChI is InChI=1S/C16H16O4/c1-11-6-7-15(13(10-11)16(18)19)20-14-5-3-2-4-12(14)8-9-17/h2-7,10,17H,8-9H2,1H3,(H,18,19). The number of hydrogen-bond acceptors (Lipinski definition) is 3. The first kappa shape index (κ1) is 14.1.